The molecule has 0 aliphatic heterocycles. The van der Waals surface area contributed by atoms with Gasteiger partial charge in [0.2, 0.25) is 0 Å². The zero-order valence-corrected chi connectivity index (χ0v) is 12.2. The van der Waals surface area contributed by atoms with Crippen LogP contribution in [0, 0.1) is 0 Å². The topological polar surface area (TPSA) is 17.1 Å². The summed E-state index contributed by atoms with van der Waals surface area (Å²) in [5.74, 6) is 0.232. The van der Waals surface area contributed by atoms with Crippen LogP contribution in [0.1, 0.15) is 51.9 Å². The predicted octanol–water partition coefficient (Wildman–Crippen LogP) is 3.57. The number of quaternary nitrogens is 1. The molecule has 100 valence electrons. The normalized spacial score (nSPS) is 11.5. The summed E-state index contributed by atoms with van der Waals surface area (Å²) in [6.45, 7) is 6.72. The molecule has 0 fully saturated rings. The molecule has 2 nitrogen and oxygen atoms in total. The molecule has 0 aromatic heterocycles. The standard InChI is InChI=1S/C15H30NO/c1-14(2)15(17)12-10-8-6-7-9-11-13-16(3,4)5/h1,6-13H2,2-5H3/q+1. The van der Waals surface area contributed by atoms with Gasteiger partial charge in [0.05, 0.1) is 27.7 Å². The lowest BCUT2D eigenvalue weighted by molar-refractivity contribution is -0.870. The van der Waals surface area contributed by atoms with Crippen LogP contribution in [0.15, 0.2) is 12.2 Å². The van der Waals surface area contributed by atoms with Crippen LogP contribution in [0.2, 0.25) is 0 Å². The fraction of sp³-hybridized carbons (Fsp3) is 0.800. The SMILES string of the molecule is C=C(C)C(=O)CCCCCCCC[N+](C)(C)C. The Morgan fingerprint density at radius 1 is 0.941 bits per heavy atom. The highest BCUT2D eigenvalue weighted by molar-refractivity contribution is 5.93. The van der Waals surface area contributed by atoms with E-state index in [1.807, 2.05) is 0 Å². The summed E-state index contributed by atoms with van der Waals surface area (Å²) >= 11 is 0. The van der Waals surface area contributed by atoms with Crippen LogP contribution in [0.3, 0.4) is 0 Å². The lowest BCUT2D eigenvalue weighted by Gasteiger charge is -2.23. The number of Topliss-reactive ketones (excluding diaryl/α,β-unsaturated/α-hetero) is 1. The third-order valence-corrected chi connectivity index (χ3v) is 2.96. The van der Waals surface area contributed by atoms with Crippen LogP contribution in [0.25, 0.3) is 0 Å². The van der Waals surface area contributed by atoms with Gasteiger partial charge in [-0.2, -0.15) is 0 Å². The van der Waals surface area contributed by atoms with Crippen molar-refractivity contribution >= 4 is 5.78 Å². The molecule has 0 aliphatic rings. The quantitative estimate of drug-likeness (QED) is 0.324. The molecule has 0 unspecified atom stereocenters. The first kappa shape index (κ1) is 16.4. The van der Waals surface area contributed by atoms with Gasteiger partial charge in [-0.3, -0.25) is 4.79 Å². The van der Waals surface area contributed by atoms with Crippen LogP contribution in [-0.4, -0.2) is 38.0 Å². The number of nitrogens with zero attached hydrogens (tertiary/aromatic N) is 1. The van der Waals surface area contributed by atoms with E-state index in [-0.39, 0.29) is 5.78 Å². The summed E-state index contributed by atoms with van der Waals surface area (Å²) in [4.78, 5) is 11.3. The first-order valence-electron chi connectivity index (χ1n) is 6.82. The van der Waals surface area contributed by atoms with E-state index in [1.165, 1.54) is 38.6 Å². The fourth-order valence-corrected chi connectivity index (χ4v) is 1.79. The van der Waals surface area contributed by atoms with Gasteiger partial charge in [0.1, 0.15) is 0 Å². The molecule has 0 N–H and O–H groups in total. The molecule has 0 bridgehead atoms. The van der Waals surface area contributed by atoms with Crippen LogP contribution in [-0.2, 0) is 4.79 Å². The van der Waals surface area contributed by atoms with E-state index in [1.54, 1.807) is 6.92 Å². The van der Waals surface area contributed by atoms with Gasteiger partial charge in [-0.15, -0.1) is 0 Å². The van der Waals surface area contributed by atoms with Crippen LogP contribution < -0.4 is 0 Å². The van der Waals surface area contributed by atoms with E-state index in [0.29, 0.717) is 12.0 Å². The molecule has 0 aromatic rings. The minimum atomic E-state index is 0.232. The molecule has 0 radical (unpaired) electrons. The number of ketones is 1. The molecule has 0 saturated heterocycles. The van der Waals surface area contributed by atoms with Gasteiger partial charge in [-0.05, 0) is 31.8 Å². The van der Waals surface area contributed by atoms with Crippen molar-refractivity contribution < 1.29 is 9.28 Å². The number of hydrogen-bond donors (Lipinski definition) is 0. The van der Waals surface area contributed by atoms with E-state index in [9.17, 15) is 4.79 Å². The maximum absolute atomic E-state index is 11.3. The van der Waals surface area contributed by atoms with E-state index in [4.69, 9.17) is 0 Å². The van der Waals surface area contributed by atoms with Gasteiger partial charge in [-0.1, -0.05) is 25.8 Å². The van der Waals surface area contributed by atoms with Crippen LogP contribution in [0.4, 0.5) is 0 Å². The second kappa shape index (κ2) is 8.46. The second-order valence-electron chi connectivity index (χ2n) is 6.09. The first-order valence-corrected chi connectivity index (χ1v) is 6.82. The molecular weight excluding hydrogens is 210 g/mol. The molecule has 0 saturated carbocycles. The first-order chi connectivity index (χ1) is 7.83. The molecule has 0 rings (SSSR count). The van der Waals surface area contributed by atoms with Crippen molar-refractivity contribution in [2.75, 3.05) is 27.7 Å². The maximum atomic E-state index is 11.3. The Balaban J connectivity index is 3.25. The van der Waals surface area contributed by atoms with Crippen LogP contribution >= 0.6 is 0 Å². The zero-order valence-electron chi connectivity index (χ0n) is 12.2. The number of carbonyl (C=O) groups excluding carboxylic acids is 1. The lowest BCUT2D eigenvalue weighted by Crippen LogP contribution is -2.35. The predicted molar refractivity (Wildman–Crippen MR) is 75.0 cm³/mol. The van der Waals surface area contributed by atoms with Gasteiger partial charge in [0.25, 0.3) is 0 Å². The van der Waals surface area contributed by atoms with Crippen molar-refractivity contribution in [1.82, 2.24) is 0 Å². The van der Waals surface area contributed by atoms with Gasteiger partial charge < -0.3 is 4.48 Å². The van der Waals surface area contributed by atoms with Crippen molar-refractivity contribution in [2.24, 2.45) is 0 Å². The monoisotopic (exact) mass is 240 g/mol. The van der Waals surface area contributed by atoms with E-state index >= 15 is 0 Å². The Labute approximate surface area is 107 Å². The number of carbonyl (C=O) groups is 1. The number of unbranched alkanes of at least 4 members (excludes halogenated alkanes) is 5. The number of hydrogen-bond acceptors (Lipinski definition) is 1. The molecule has 0 aromatic carbocycles. The van der Waals surface area contributed by atoms with Crippen molar-refractivity contribution in [3.05, 3.63) is 12.2 Å². The van der Waals surface area contributed by atoms with Gasteiger partial charge in [0, 0.05) is 6.42 Å². The van der Waals surface area contributed by atoms with E-state index in [2.05, 4.69) is 27.7 Å². The molecule has 17 heavy (non-hydrogen) atoms. The highest BCUT2D eigenvalue weighted by atomic mass is 16.1. The average molecular weight is 240 g/mol. The largest absolute Gasteiger partial charge is 0.331 e. The molecule has 0 amide bonds. The summed E-state index contributed by atoms with van der Waals surface area (Å²) in [5.41, 5.74) is 0.702. The fourth-order valence-electron chi connectivity index (χ4n) is 1.79. The molecular formula is C15H30NO+. The van der Waals surface area contributed by atoms with E-state index < -0.39 is 0 Å². The third-order valence-electron chi connectivity index (χ3n) is 2.96. The lowest BCUT2D eigenvalue weighted by atomic mass is 10.0. The second-order valence-corrected chi connectivity index (χ2v) is 6.09. The van der Waals surface area contributed by atoms with E-state index in [0.717, 1.165) is 10.9 Å². The minimum Gasteiger partial charge on any atom is -0.331 e. The summed E-state index contributed by atoms with van der Waals surface area (Å²) in [6, 6.07) is 0. The van der Waals surface area contributed by atoms with Gasteiger partial charge >= 0.3 is 0 Å². The highest BCUT2D eigenvalue weighted by Gasteiger charge is 2.05. The van der Waals surface area contributed by atoms with Crippen molar-refractivity contribution in [3.8, 4) is 0 Å². The Hall–Kier alpha value is -0.630. The molecule has 0 atom stereocenters. The highest BCUT2D eigenvalue weighted by Crippen LogP contribution is 2.10. The van der Waals surface area contributed by atoms with Crippen molar-refractivity contribution in [3.63, 3.8) is 0 Å². The summed E-state index contributed by atoms with van der Waals surface area (Å²) in [5, 5.41) is 0. The Bertz CT molecular complexity index is 238. The van der Waals surface area contributed by atoms with Crippen LogP contribution in [0.5, 0.6) is 0 Å². The minimum absolute atomic E-state index is 0.232. The van der Waals surface area contributed by atoms with Gasteiger partial charge in [0.15, 0.2) is 5.78 Å². The summed E-state index contributed by atoms with van der Waals surface area (Å²) in [7, 11) is 6.72. The molecule has 0 spiro atoms. The van der Waals surface area contributed by atoms with Crippen molar-refractivity contribution in [2.45, 2.75) is 51.9 Å². The average Bonchev–Trinajstić information content (AvgIpc) is 2.19. The molecule has 0 heterocycles. The summed E-state index contributed by atoms with van der Waals surface area (Å²) < 4.78 is 1.06. The number of rotatable bonds is 10. The smallest absolute Gasteiger partial charge is 0.157 e. The Morgan fingerprint density at radius 3 is 1.88 bits per heavy atom. The third kappa shape index (κ3) is 11.6. The molecule has 2 heteroatoms. The van der Waals surface area contributed by atoms with Gasteiger partial charge in [-0.25, -0.2) is 0 Å². The Kier molecular flexibility index (Phi) is 8.15. The van der Waals surface area contributed by atoms with Crippen molar-refractivity contribution in [1.29, 1.82) is 0 Å². The zero-order chi connectivity index (χ0) is 13.3. The molecule has 0 aliphatic carbocycles. The summed E-state index contributed by atoms with van der Waals surface area (Å²) in [6.07, 6.45) is 8.11. The maximum Gasteiger partial charge on any atom is 0.157 e. The number of allylic oxidation sites excluding steroid dienone is 1. The Morgan fingerprint density at radius 2 is 1.41 bits per heavy atom.